The van der Waals surface area contributed by atoms with Crippen molar-refractivity contribution in [2.24, 2.45) is 11.8 Å². The van der Waals surface area contributed by atoms with Crippen LogP contribution in [-0.2, 0) is 14.3 Å². The van der Waals surface area contributed by atoms with Crippen LogP contribution in [0, 0.1) is 11.8 Å². The number of ether oxygens (including phenoxy) is 1. The van der Waals surface area contributed by atoms with Crippen LogP contribution in [0.2, 0.25) is 0 Å². The second-order valence-corrected chi connectivity index (χ2v) is 6.07. The maximum atomic E-state index is 12.3. The molecule has 21 heavy (non-hydrogen) atoms. The Balaban J connectivity index is 2.42. The molecule has 0 aliphatic carbocycles. The summed E-state index contributed by atoms with van der Waals surface area (Å²) in [6.07, 6.45) is 1.01. The van der Waals surface area contributed by atoms with E-state index in [0.717, 1.165) is 13.0 Å². The molecular weight excluding hydrogens is 270 g/mol. The van der Waals surface area contributed by atoms with Crippen molar-refractivity contribution in [2.75, 3.05) is 26.3 Å². The maximum absolute atomic E-state index is 12.3. The molecule has 6 heteroatoms. The molecule has 0 spiro atoms. The summed E-state index contributed by atoms with van der Waals surface area (Å²) in [7, 11) is 0. The second-order valence-electron chi connectivity index (χ2n) is 6.07. The van der Waals surface area contributed by atoms with Crippen LogP contribution in [0.3, 0.4) is 0 Å². The summed E-state index contributed by atoms with van der Waals surface area (Å²) in [6.45, 7) is 10.3. The Morgan fingerprint density at radius 2 is 1.95 bits per heavy atom. The standard InChI is InChI=1S/C15H29N3O3/c1-5-6-16-13-9-21-8-12(13)15(20)18-11(4)14(19)17-7-10(2)3/h10-13,16H,5-9H2,1-4H3,(H,17,19)(H,18,20). The summed E-state index contributed by atoms with van der Waals surface area (Å²) in [6, 6.07) is -0.487. The molecule has 0 radical (unpaired) electrons. The predicted molar refractivity (Wildman–Crippen MR) is 81.8 cm³/mol. The molecule has 1 rings (SSSR count). The van der Waals surface area contributed by atoms with Gasteiger partial charge in [0.15, 0.2) is 0 Å². The van der Waals surface area contributed by atoms with Crippen LogP contribution in [0.1, 0.15) is 34.1 Å². The van der Waals surface area contributed by atoms with Crippen LogP contribution in [-0.4, -0.2) is 50.2 Å². The fraction of sp³-hybridized carbons (Fsp3) is 0.867. The Hall–Kier alpha value is -1.14. The number of hydrogen-bond donors (Lipinski definition) is 3. The van der Waals surface area contributed by atoms with E-state index in [-0.39, 0.29) is 23.8 Å². The van der Waals surface area contributed by atoms with Crippen LogP contribution in [0.5, 0.6) is 0 Å². The van der Waals surface area contributed by atoms with Crippen LogP contribution in [0.15, 0.2) is 0 Å². The summed E-state index contributed by atoms with van der Waals surface area (Å²) in [4.78, 5) is 24.1. The minimum atomic E-state index is -0.524. The van der Waals surface area contributed by atoms with Gasteiger partial charge in [0.25, 0.3) is 0 Å². The average molecular weight is 299 g/mol. The molecule has 122 valence electrons. The molecule has 0 bridgehead atoms. The number of rotatable bonds is 8. The summed E-state index contributed by atoms with van der Waals surface area (Å²) < 4.78 is 5.39. The molecule has 0 aromatic rings. The first kappa shape index (κ1) is 17.9. The highest BCUT2D eigenvalue weighted by molar-refractivity contribution is 5.88. The fourth-order valence-corrected chi connectivity index (χ4v) is 2.19. The van der Waals surface area contributed by atoms with Crippen molar-refractivity contribution in [3.05, 3.63) is 0 Å². The van der Waals surface area contributed by atoms with Gasteiger partial charge < -0.3 is 20.7 Å². The highest BCUT2D eigenvalue weighted by Gasteiger charge is 2.34. The Kier molecular flexibility index (Phi) is 7.67. The predicted octanol–water partition coefficient (Wildman–Crippen LogP) is 0.278. The largest absolute Gasteiger partial charge is 0.379 e. The monoisotopic (exact) mass is 299 g/mol. The lowest BCUT2D eigenvalue weighted by Crippen LogP contribution is -2.51. The Morgan fingerprint density at radius 3 is 2.57 bits per heavy atom. The first-order chi connectivity index (χ1) is 9.95. The van der Waals surface area contributed by atoms with Crippen molar-refractivity contribution in [2.45, 2.75) is 46.2 Å². The molecule has 6 nitrogen and oxygen atoms in total. The third kappa shape index (κ3) is 6.01. The van der Waals surface area contributed by atoms with Crippen molar-refractivity contribution < 1.29 is 14.3 Å². The molecule has 3 atom stereocenters. The number of nitrogens with one attached hydrogen (secondary N) is 3. The molecule has 3 N–H and O–H groups in total. The van der Waals surface area contributed by atoms with Gasteiger partial charge >= 0.3 is 0 Å². The third-order valence-corrected chi connectivity index (χ3v) is 3.51. The topological polar surface area (TPSA) is 79.5 Å². The zero-order chi connectivity index (χ0) is 15.8. The molecule has 3 unspecified atom stereocenters. The van der Waals surface area contributed by atoms with E-state index < -0.39 is 6.04 Å². The zero-order valence-electron chi connectivity index (χ0n) is 13.6. The molecule has 1 aliphatic heterocycles. The van der Waals surface area contributed by atoms with E-state index >= 15 is 0 Å². The van der Waals surface area contributed by atoms with Crippen molar-refractivity contribution in [3.63, 3.8) is 0 Å². The molecular formula is C15H29N3O3. The van der Waals surface area contributed by atoms with Gasteiger partial charge in [-0.3, -0.25) is 9.59 Å². The van der Waals surface area contributed by atoms with Crippen molar-refractivity contribution in [1.82, 2.24) is 16.0 Å². The summed E-state index contributed by atoms with van der Waals surface area (Å²) in [5.41, 5.74) is 0. The first-order valence-corrected chi connectivity index (χ1v) is 7.84. The maximum Gasteiger partial charge on any atom is 0.242 e. The van der Waals surface area contributed by atoms with Gasteiger partial charge in [-0.2, -0.15) is 0 Å². The van der Waals surface area contributed by atoms with Crippen LogP contribution in [0.4, 0.5) is 0 Å². The third-order valence-electron chi connectivity index (χ3n) is 3.51. The van der Waals surface area contributed by atoms with Crippen molar-refractivity contribution >= 4 is 11.8 Å². The van der Waals surface area contributed by atoms with Gasteiger partial charge in [-0.05, 0) is 25.8 Å². The van der Waals surface area contributed by atoms with Gasteiger partial charge in [-0.25, -0.2) is 0 Å². The van der Waals surface area contributed by atoms with Crippen LogP contribution >= 0.6 is 0 Å². The van der Waals surface area contributed by atoms with Gasteiger partial charge in [-0.15, -0.1) is 0 Å². The quantitative estimate of drug-likeness (QED) is 0.601. The Morgan fingerprint density at radius 1 is 1.24 bits per heavy atom. The van der Waals surface area contributed by atoms with Gasteiger partial charge in [0.1, 0.15) is 6.04 Å². The number of amides is 2. The lowest BCUT2D eigenvalue weighted by atomic mass is 10.0. The van der Waals surface area contributed by atoms with Gasteiger partial charge in [0, 0.05) is 12.6 Å². The number of hydrogen-bond acceptors (Lipinski definition) is 4. The normalized spacial score (nSPS) is 23.1. The Labute approximate surface area is 127 Å². The van der Waals surface area contributed by atoms with E-state index in [1.165, 1.54) is 0 Å². The highest BCUT2D eigenvalue weighted by Crippen LogP contribution is 2.14. The van der Waals surface area contributed by atoms with E-state index in [4.69, 9.17) is 4.74 Å². The van der Waals surface area contributed by atoms with Crippen molar-refractivity contribution in [1.29, 1.82) is 0 Å². The van der Waals surface area contributed by atoms with Crippen LogP contribution < -0.4 is 16.0 Å². The minimum Gasteiger partial charge on any atom is -0.379 e. The number of carbonyl (C=O) groups is 2. The molecule has 0 aromatic heterocycles. The summed E-state index contributed by atoms with van der Waals surface area (Å²) in [5, 5.41) is 8.92. The van der Waals surface area contributed by atoms with E-state index in [2.05, 4.69) is 22.9 Å². The lowest BCUT2D eigenvalue weighted by molar-refractivity contribution is -0.131. The second kappa shape index (κ2) is 9.00. The van der Waals surface area contributed by atoms with E-state index in [1.54, 1.807) is 6.92 Å². The van der Waals surface area contributed by atoms with Crippen LogP contribution in [0.25, 0.3) is 0 Å². The average Bonchev–Trinajstić information content (AvgIpc) is 2.90. The number of carbonyl (C=O) groups excluding carboxylic acids is 2. The molecule has 0 aromatic carbocycles. The zero-order valence-corrected chi connectivity index (χ0v) is 13.6. The molecule has 1 heterocycles. The van der Waals surface area contributed by atoms with Crippen molar-refractivity contribution in [3.8, 4) is 0 Å². The molecule has 1 fully saturated rings. The van der Waals surface area contributed by atoms with Gasteiger partial charge in [0.05, 0.1) is 19.1 Å². The minimum absolute atomic E-state index is 0.0378. The lowest BCUT2D eigenvalue weighted by Gasteiger charge is -2.21. The molecule has 2 amide bonds. The van der Waals surface area contributed by atoms with E-state index in [0.29, 0.717) is 25.7 Å². The van der Waals surface area contributed by atoms with E-state index in [1.807, 2.05) is 13.8 Å². The summed E-state index contributed by atoms with van der Waals surface area (Å²) in [5.74, 6) is -0.0954. The fourth-order valence-electron chi connectivity index (χ4n) is 2.19. The SMILES string of the molecule is CCCNC1COCC1C(=O)NC(C)C(=O)NCC(C)C. The molecule has 0 saturated carbocycles. The van der Waals surface area contributed by atoms with Gasteiger partial charge in [-0.1, -0.05) is 20.8 Å². The first-order valence-electron chi connectivity index (χ1n) is 7.84. The van der Waals surface area contributed by atoms with E-state index in [9.17, 15) is 9.59 Å². The molecule has 1 saturated heterocycles. The highest BCUT2D eigenvalue weighted by atomic mass is 16.5. The smallest absolute Gasteiger partial charge is 0.242 e. The molecule has 1 aliphatic rings. The van der Waals surface area contributed by atoms with Gasteiger partial charge in [0.2, 0.25) is 11.8 Å². The Bertz CT molecular complexity index is 347. The summed E-state index contributed by atoms with van der Waals surface area (Å²) >= 11 is 0.